The van der Waals surface area contributed by atoms with Gasteiger partial charge in [0.05, 0.1) is 11.0 Å². The summed E-state index contributed by atoms with van der Waals surface area (Å²) in [6.45, 7) is 1.90. The Balaban J connectivity index is 2.15. The van der Waals surface area contributed by atoms with Gasteiger partial charge in [-0.05, 0) is 30.2 Å². The fraction of sp³-hybridized carbons (Fsp3) is 0.200. The summed E-state index contributed by atoms with van der Waals surface area (Å²) in [5.41, 5.74) is 0.650. The summed E-state index contributed by atoms with van der Waals surface area (Å²) < 4.78 is 5.57. The lowest BCUT2D eigenvalue weighted by atomic mass is 10.1. The molecule has 0 heterocycles. The Morgan fingerprint density at radius 3 is 2.38 bits per heavy atom. The number of aliphatic hydroxyl groups is 1. The lowest BCUT2D eigenvalue weighted by Crippen LogP contribution is -1.94. The first kappa shape index (κ1) is 15.3. The molecule has 0 aromatic heterocycles. The summed E-state index contributed by atoms with van der Waals surface area (Å²) in [4.78, 5) is 10.1. The van der Waals surface area contributed by atoms with Crippen molar-refractivity contribution in [3.8, 4) is 11.5 Å². The number of rotatable bonds is 5. The van der Waals surface area contributed by atoms with Gasteiger partial charge in [-0.25, -0.2) is 0 Å². The van der Waals surface area contributed by atoms with Crippen LogP contribution in [0.4, 0.5) is 5.69 Å². The van der Waals surface area contributed by atoms with Crippen LogP contribution in [0.25, 0.3) is 0 Å². The summed E-state index contributed by atoms with van der Waals surface area (Å²) in [5.74, 6) is 0.973. The zero-order chi connectivity index (χ0) is 15.4. The smallest absolute Gasteiger partial charge is 0.288 e. The van der Waals surface area contributed by atoms with Crippen LogP contribution < -0.4 is 4.74 Å². The van der Waals surface area contributed by atoms with Crippen LogP contribution in [0, 0.1) is 10.1 Å². The molecule has 0 saturated heterocycles. The van der Waals surface area contributed by atoms with Crippen LogP contribution in [-0.2, 0) is 0 Å². The quantitative estimate of drug-likeness (QED) is 0.652. The molecule has 0 aliphatic heterocycles. The maximum atomic E-state index is 10.7. The molecule has 0 aliphatic rings. The normalized spacial score (nSPS) is 12.0. The van der Waals surface area contributed by atoms with Gasteiger partial charge in [0.25, 0.3) is 5.69 Å². The molecule has 5 nitrogen and oxygen atoms in total. The van der Waals surface area contributed by atoms with Gasteiger partial charge in [0.2, 0.25) is 0 Å². The van der Waals surface area contributed by atoms with Crippen LogP contribution in [0.5, 0.6) is 11.5 Å². The molecule has 0 spiro atoms. The van der Waals surface area contributed by atoms with E-state index in [2.05, 4.69) is 0 Å². The largest absolute Gasteiger partial charge is 0.457 e. The van der Waals surface area contributed by atoms with Gasteiger partial charge in [0, 0.05) is 12.1 Å². The van der Waals surface area contributed by atoms with Crippen molar-refractivity contribution < 1.29 is 14.8 Å². The summed E-state index contributed by atoms with van der Waals surface area (Å²) in [6.07, 6.45) is 0.144. The predicted octanol–water partition coefficient (Wildman–Crippen LogP) is 4.48. The van der Waals surface area contributed by atoms with E-state index in [0.29, 0.717) is 17.9 Å². The number of hydrogen-bond acceptors (Lipinski definition) is 4. The molecule has 2 aromatic carbocycles. The topological polar surface area (TPSA) is 72.6 Å². The molecule has 6 heteroatoms. The van der Waals surface area contributed by atoms with E-state index >= 15 is 0 Å². The molecule has 0 saturated carbocycles. The molecule has 0 unspecified atom stereocenters. The molecular weight excluding hydrogens is 294 g/mol. The lowest BCUT2D eigenvalue weighted by Gasteiger charge is -2.10. The summed E-state index contributed by atoms with van der Waals surface area (Å²) in [5, 5.41) is 20.4. The Morgan fingerprint density at radius 1 is 1.24 bits per heavy atom. The third-order valence-electron chi connectivity index (χ3n) is 3.00. The van der Waals surface area contributed by atoms with Crippen LogP contribution >= 0.6 is 11.6 Å². The van der Waals surface area contributed by atoms with Gasteiger partial charge in [-0.2, -0.15) is 0 Å². The Labute approximate surface area is 126 Å². The van der Waals surface area contributed by atoms with Gasteiger partial charge in [0.1, 0.15) is 16.5 Å². The molecule has 2 rings (SSSR count). The number of aliphatic hydroxyl groups excluding tert-OH is 1. The highest BCUT2D eigenvalue weighted by atomic mass is 35.5. The monoisotopic (exact) mass is 307 g/mol. The van der Waals surface area contributed by atoms with E-state index in [1.807, 2.05) is 6.92 Å². The number of benzene rings is 2. The third kappa shape index (κ3) is 3.71. The van der Waals surface area contributed by atoms with E-state index in [0.717, 1.165) is 5.56 Å². The van der Waals surface area contributed by atoms with Crippen molar-refractivity contribution in [2.24, 2.45) is 0 Å². The highest BCUT2D eigenvalue weighted by Crippen LogP contribution is 2.31. The van der Waals surface area contributed by atoms with E-state index in [9.17, 15) is 15.2 Å². The second kappa shape index (κ2) is 6.56. The van der Waals surface area contributed by atoms with Crippen LogP contribution in [0.1, 0.15) is 25.0 Å². The van der Waals surface area contributed by atoms with E-state index in [-0.39, 0.29) is 10.7 Å². The van der Waals surface area contributed by atoms with Gasteiger partial charge in [-0.15, -0.1) is 0 Å². The van der Waals surface area contributed by atoms with Gasteiger partial charge in [-0.3, -0.25) is 10.1 Å². The molecule has 1 atom stereocenters. The van der Waals surface area contributed by atoms with Crippen molar-refractivity contribution in [2.45, 2.75) is 19.4 Å². The molecular formula is C15H14ClNO4. The molecule has 0 fully saturated rings. The number of nitro benzene ring substituents is 1. The van der Waals surface area contributed by atoms with Gasteiger partial charge < -0.3 is 9.84 Å². The zero-order valence-electron chi connectivity index (χ0n) is 11.3. The highest BCUT2D eigenvalue weighted by Gasteiger charge is 2.13. The van der Waals surface area contributed by atoms with Gasteiger partial charge in [-0.1, -0.05) is 30.7 Å². The van der Waals surface area contributed by atoms with E-state index in [1.54, 1.807) is 24.3 Å². The van der Waals surface area contributed by atoms with Crippen LogP contribution in [0.2, 0.25) is 5.02 Å². The Morgan fingerprint density at radius 2 is 1.86 bits per heavy atom. The van der Waals surface area contributed by atoms with E-state index in [4.69, 9.17) is 16.3 Å². The van der Waals surface area contributed by atoms with Crippen molar-refractivity contribution in [2.75, 3.05) is 0 Å². The molecule has 2 aromatic rings. The average molecular weight is 308 g/mol. The Kier molecular flexibility index (Phi) is 4.77. The van der Waals surface area contributed by atoms with Crippen LogP contribution in [-0.4, -0.2) is 10.0 Å². The molecule has 1 N–H and O–H groups in total. The fourth-order valence-corrected chi connectivity index (χ4v) is 2.07. The average Bonchev–Trinajstić information content (AvgIpc) is 2.47. The van der Waals surface area contributed by atoms with Crippen molar-refractivity contribution in [3.05, 3.63) is 63.2 Å². The SMILES string of the molecule is CC[C@H](O)c1ccc(Oc2ccc([N+](=O)[O-])c(Cl)c2)cc1. The fourth-order valence-electron chi connectivity index (χ4n) is 1.83. The van der Waals surface area contributed by atoms with Crippen LogP contribution in [0.15, 0.2) is 42.5 Å². The first-order chi connectivity index (χ1) is 10.0. The number of halogens is 1. The van der Waals surface area contributed by atoms with Gasteiger partial charge in [0.15, 0.2) is 0 Å². The second-order valence-corrected chi connectivity index (χ2v) is 4.87. The van der Waals surface area contributed by atoms with Crippen LogP contribution in [0.3, 0.4) is 0 Å². The van der Waals surface area contributed by atoms with E-state index < -0.39 is 11.0 Å². The molecule has 0 radical (unpaired) electrons. The maximum absolute atomic E-state index is 10.7. The Hall–Kier alpha value is -2.11. The number of nitro groups is 1. The van der Waals surface area contributed by atoms with Crippen molar-refractivity contribution in [3.63, 3.8) is 0 Å². The van der Waals surface area contributed by atoms with E-state index in [1.165, 1.54) is 18.2 Å². The van der Waals surface area contributed by atoms with Gasteiger partial charge >= 0.3 is 0 Å². The molecule has 0 bridgehead atoms. The number of hydrogen-bond donors (Lipinski definition) is 1. The first-order valence-corrected chi connectivity index (χ1v) is 6.79. The minimum atomic E-state index is -0.549. The lowest BCUT2D eigenvalue weighted by molar-refractivity contribution is -0.384. The van der Waals surface area contributed by atoms with Crippen molar-refractivity contribution >= 4 is 17.3 Å². The molecule has 110 valence electrons. The predicted molar refractivity (Wildman–Crippen MR) is 79.9 cm³/mol. The molecule has 21 heavy (non-hydrogen) atoms. The second-order valence-electron chi connectivity index (χ2n) is 4.47. The standard InChI is InChI=1S/C15H14ClNO4/c1-2-15(18)10-3-5-11(6-4-10)21-12-7-8-14(17(19)20)13(16)9-12/h3-9,15,18H,2H2,1H3/t15-/m0/s1. The summed E-state index contributed by atoms with van der Waals surface area (Å²) in [6, 6.07) is 11.2. The van der Waals surface area contributed by atoms with Crippen molar-refractivity contribution in [1.82, 2.24) is 0 Å². The summed E-state index contributed by atoms with van der Waals surface area (Å²) in [7, 11) is 0. The third-order valence-corrected chi connectivity index (χ3v) is 3.31. The number of nitrogens with zero attached hydrogens (tertiary/aromatic N) is 1. The van der Waals surface area contributed by atoms with Crippen molar-refractivity contribution in [1.29, 1.82) is 0 Å². The number of ether oxygens (including phenoxy) is 1. The highest BCUT2D eigenvalue weighted by molar-refractivity contribution is 6.32. The molecule has 0 aliphatic carbocycles. The zero-order valence-corrected chi connectivity index (χ0v) is 12.1. The summed E-state index contributed by atoms with van der Waals surface area (Å²) >= 11 is 5.82. The minimum Gasteiger partial charge on any atom is -0.457 e. The maximum Gasteiger partial charge on any atom is 0.288 e. The molecule has 0 amide bonds. The minimum absolute atomic E-state index is 0.0236. The first-order valence-electron chi connectivity index (χ1n) is 6.41. The Bertz CT molecular complexity index is 643.